The zero-order chi connectivity index (χ0) is 21.7. The van der Waals surface area contributed by atoms with Gasteiger partial charge in [-0.2, -0.15) is 0 Å². The van der Waals surface area contributed by atoms with E-state index in [0.29, 0.717) is 22.3 Å². The molecule has 3 rings (SSSR count). The molecule has 10 heteroatoms. The minimum atomic E-state index is -3.58. The van der Waals surface area contributed by atoms with Crippen molar-refractivity contribution in [3.05, 3.63) is 59.9 Å². The second-order valence-corrected chi connectivity index (χ2v) is 8.77. The summed E-state index contributed by atoms with van der Waals surface area (Å²) in [6, 6.07) is 13.9. The van der Waals surface area contributed by atoms with Gasteiger partial charge in [-0.25, -0.2) is 23.1 Å². The molecule has 1 aromatic heterocycles. The predicted molar refractivity (Wildman–Crippen MR) is 122 cm³/mol. The van der Waals surface area contributed by atoms with E-state index in [1.807, 2.05) is 31.0 Å². The number of hydrogen-bond donors (Lipinski definition) is 3. The van der Waals surface area contributed by atoms with Crippen molar-refractivity contribution in [2.45, 2.75) is 11.8 Å². The van der Waals surface area contributed by atoms with Gasteiger partial charge in [0.25, 0.3) is 0 Å². The SMILES string of the molecule is CCN(C)c1ccc(S(=O)(=O)NC)cc1Nc1cc(Nc2ccc(Cl)cc2)ncn1. The van der Waals surface area contributed by atoms with Crippen molar-refractivity contribution in [2.24, 2.45) is 0 Å². The van der Waals surface area contributed by atoms with Gasteiger partial charge < -0.3 is 15.5 Å². The van der Waals surface area contributed by atoms with Crippen LogP contribution in [0.4, 0.5) is 28.7 Å². The molecule has 0 unspecified atom stereocenters. The van der Waals surface area contributed by atoms with Gasteiger partial charge in [-0.1, -0.05) is 11.6 Å². The van der Waals surface area contributed by atoms with Crippen LogP contribution < -0.4 is 20.3 Å². The second-order valence-electron chi connectivity index (χ2n) is 6.45. The van der Waals surface area contributed by atoms with E-state index in [0.717, 1.165) is 17.9 Å². The average molecular weight is 447 g/mol. The van der Waals surface area contributed by atoms with E-state index in [9.17, 15) is 8.42 Å². The molecule has 30 heavy (non-hydrogen) atoms. The molecule has 0 aliphatic carbocycles. The molecule has 0 aliphatic heterocycles. The summed E-state index contributed by atoms with van der Waals surface area (Å²) in [7, 11) is -0.266. The maximum absolute atomic E-state index is 12.2. The van der Waals surface area contributed by atoms with Crippen molar-refractivity contribution in [3.8, 4) is 0 Å². The summed E-state index contributed by atoms with van der Waals surface area (Å²) in [4.78, 5) is 10.7. The van der Waals surface area contributed by atoms with E-state index in [1.165, 1.54) is 13.4 Å². The number of benzene rings is 2. The molecule has 0 amide bonds. The molecule has 3 aromatic rings. The fourth-order valence-corrected chi connectivity index (χ4v) is 3.60. The normalized spacial score (nSPS) is 11.2. The fourth-order valence-electron chi connectivity index (χ4n) is 2.72. The largest absolute Gasteiger partial charge is 0.373 e. The van der Waals surface area contributed by atoms with Crippen LogP contribution in [0.15, 0.2) is 59.8 Å². The molecule has 0 bridgehead atoms. The summed E-state index contributed by atoms with van der Waals surface area (Å²) >= 11 is 5.92. The van der Waals surface area contributed by atoms with Crippen LogP contribution in [0.5, 0.6) is 0 Å². The maximum Gasteiger partial charge on any atom is 0.240 e. The standard InChI is InChI=1S/C20H23ClN6O2S/c1-4-27(3)18-10-9-16(30(28,29)22-2)11-17(18)26-20-12-19(23-13-24-20)25-15-7-5-14(21)6-8-15/h5-13,22H,4H2,1-3H3,(H2,23,24,25,26). The van der Waals surface area contributed by atoms with Crippen molar-refractivity contribution in [1.82, 2.24) is 14.7 Å². The Bertz CT molecular complexity index is 1120. The van der Waals surface area contributed by atoms with E-state index in [4.69, 9.17) is 11.6 Å². The first-order valence-corrected chi connectivity index (χ1v) is 11.1. The van der Waals surface area contributed by atoms with Gasteiger partial charge in [0.15, 0.2) is 0 Å². The number of rotatable bonds is 8. The van der Waals surface area contributed by atoms with Crippen molar-refractivity contribution in [1.29, 1.82) is 0 Å². The second kappa shape index (κ2) is 9.29. The first-order valence-electron chi connectivity index (χ1n) is 9.23. The highest BCUT2D eigenvalue weighted by atomic mass is 35.5. The van der Waals surface area contributed by atoms with E-state index in [1.54, 1.807) is 36.4 Å². The van der Waals surface area contributed by atoms with E-state index in [-0.39, 0.29) is 4.90 Å². The summed E-state index contributed by atoms with van der Waals surface area (Å²) in [6.07, 6.45) is 1.43. The van der Waals surface area contributed by atoms with Crippen LogP contribution in [0, 0.1) is 0 Å². The molecule has 2 aromatic carbocycles. The molecule has 0 fully saturated rings. The number of nitrogens with zero attached hydrogens (tertiary/aromatic N) is 3. The van der Waals surface area contributed by atoms with Gasteiger partial charge in [-0.05, 0) is 56.4 Å². The van der Waals surface area contributed by atoms with Crippen LogP contribution in [-0.4, -0.2) is 39.0 Å². The number of nitrogens with one attached hydrogen (secondary N) is 3. The Morgan fingerprint density at radius 3 is 2.30 bits per heavy atom. The van der Waals surface area contributed by atoms with Crippen molar-refractivity contribution >= 4 is 50.3 Å². The summed E-state index contributed by atoms with van der Waals surface area (Å²) in [6.45, 7) is 2.76. The Morgan fingerprint density at radius 1 is 1.00 bits per heavy atom. The third kappa shape index (κ3) is 5.18. The number of hydrogen-bond acceptors (Lipinski definition) is 7. The third-order valence-corrected chi connectivity index (χ3v) is 6.14. The Kier molecular flexibility index (Phi) is 6.76. The Hall–Kier alpha value is -2.88. The third-order valence-electron chi connectivity index (χ3n) is 4.48. The van der Waals surface area contributed by atoms with Crippen molar-refractivity contribution in [2.75, 3.05) is 36.2 Å². The molecule has 0 radical (unpaired) electrons. The van der Waals surface area contributed by atoms with Crippen LogP contribution >= 0.6 is 11.6 Å². The first-order chi connectivity index (χ1) is 14.3. The first kappa shape index (κ1) is 21.8. The lowest BCUT2D eigenvalue weighted by molar-refractivity contribution is 0.588. The fraction of sp³-hybridized carbons (Fsp3) is 0.200. The zero-order valence-electron chi connectivity index (χ0n) is 16.8. The van der Waals surface area contributed by atoms with E-state index in [2.05, 4.69) is 25.3 Å². The molecule has 0 atom stereocenters. The van der Waals surface area contributed by atoms with Crippen LogP contribution in [0.1, 0.15) is 6.92 Å². The number of anilines is 5. The Labute approximate surface area is 181 Å². The highest BCUT2D eigenvalue weighted by Crippen LogP contribution is 2.31. The number of sulfonamides is 1. The zero-order valence-corrected chi connectivity index (χ0v) is 18.4. The van der Waals surface area contributed by atoms with Crippen LogP contribution in [0.3, 0.4) is 0 Å². The quantitative estimate of drug-likeness (QED) is 0.481. The molecular formula is C20H23ClN6O2S. The molecular weight excluding hydrogens is 424 g/mol. The molecule has 3 N–H and O–H groups in total. The van der Waals surface area contributed by atoms with E-state index >= 15 is 0 Å². The van der Waals surface area contributed by atoms with Gasteiger partial charge >= 0.3 is 0 Å². The average Bonchev–Trinajstić information content (AvgIpc) is 2.75. The summed E-state index contributed by atoms with van der Waals surface area (Å²) in [5.41, 5.74) is 2.29. The summed E-state index contributed by atoms with van der Waals surface area (Å²) in [5.74, 6) is 1.10. The highest BCUT2D eigenvalue weighted by Gasteiger charge is 2.16. The monoisotopic (exact) mass is 446 g/mol. The van der Waals surface area contributed by atoms with Gasteiger partial charge in [0.2, 0.25) is 10.0 Å². The molecule has 0 aliphatic rings. The minimum absolute atomic E-state index is 0.161. The topological polar surface area (TPSA) is 99.2 Å². The number of halogens is 1. The summed E-state index contributed by atoms with van der Waals surface area (Å²) in [5, 5.41) is 7.05. The Balaban J connectivity index is 1.92. The Morgan fingerprint density at radius 2 is 1.67 bits per heavy atom. The lowest BCUT2D eigenvalue weighted by Gasteiger charge is -2.22. The molecule has 0 saturated carbocycles. The van der Waals surface area contributed by atoms with Gasteiger partial charge in [0, 0.05) is 30.4 Å². The van der Waals surface area contributed by atoms with Gasteiger partial charge in [0.1, 0.15) is 18.0 Å². The lowest BCUT2D eigenvalue weighted by Crippen LogP contribution is -2.20. The van der Waals surface area contributed by atoms with Crippen molar-refractivity contribution < 1.29 is 8.42 Å². The van der Waals surface area contributed by atoms with Gasteiger partial charge in [-0.15, -0.1) is 0 Å². The molecule has 158 valence electrons. The smallest absolute Gasteiger partial charge is 0.240 e. The van der Waals surface area contributed by atoms with Gasteiger partial charge in [0.05, 0.1) is 16.3 Å². The maximum atomic E-state index is 12.2. The van der Waals surface area contributed by atoms with Gasteiger partial charge in [-0.3, -0.25) is 0 Å². The molecule has 0 spiro atoms. The van der Waals surface area contributed by atoms with Crippen LogP contribution in [-0.2, 0) is 10.0 Å². The van der Waals surface area contributed by atoms with Crippen LogP contribution in [0.25, 0.3) is 0 Å². The molecule has 0 saturated heterocycles. The lowest BCUT2D eigenvalue weighted by atomic mass is 10.2. The predicted octanol–water partition coefficient (Wildman–Crippen LogP) is 3.98. The van der Waals surface area contributed by atoms with E-state index < -0.39 is 10.0 Å². The number of aromatic nitrogens is 2. The minimum Gasteiger partial charge on any atom is -0.373 e. The molecule has 8 nitrogen and oxygen atoms in total. The van der Waals surface area contributed by atoms with Crippen molar-refractivity contribution in [3.63, 3.8) is 0 Å². The highest BCUT2D eigenvalue weighted by molar-refractivity contribution is 7.89. The van der Waals surface area contributed by atoms with Crippen LogP contribution in [0.2, 0.25) is 5.02 Å². The molecule has 1 heterocycles. The summed E-state index contributed by atoms with van der Waals surface area (Å²) < 4.78 is 26.8.